The van der Waals surface area contributed by atoms with Crippen molar-refractivity contribution in [2.45, 2.75) is 38.8 Å². The highest BCUT2D eigenvalue weighted by molar-refractivity contribution is 7.11. The first-order valence-corrected chi connectivity index (χ1v) is 7.95. The third-order valence-corrected chi connectivity index (χ3v) is 4.27. The molecule has 2 aromatic rings. The van der Waals surface area contributed by atoms with E-state index in [0.29, 0.717) is 11.3 Å². The summed E-state index contributed by atoms with van der Waals surface area (Å²) in [7, 11) is 0. The van der Waals surface area contributed by atoms with Crippen LogP contribution < -0.4 is 5.32 Å². The number of aliphatic hydroxyl groups is 1. The summed E-state index contributed by atoms with van der Waals surface area (Å²) in [5.74, 6) is -0.158. The van der Waals surface area contributed by atoms with E-state index >= 15 is 0 Å². The average Bonchev–Trinajstić information content (AvgIpc) is 2.96. The normalized spacial score (nSPS) is 13.7. The third-order valence-electron chi connectivity index (χ3n) is 3.41. The molecule has 2 rings (SSSR count). The third kappa shape index (κ3) is 4.12. The number of thiazole rings is 1. The highest BCUT2D eigenvalue weighted by atomic mass is 32.1. The molecule has 1 aromatic carbocycles. The summed E-state index contributed by atoms with van der Waals surface area (Å²) < 4.78 is 0. The Kier molecular flexibility index (Phi) is 5.47. The van der Waals surface area contributed by atoms with Crippen LogP contribution in [0.25, 0.3) is 0 Å². The first-order valence-electron chi connectivity index (χ1n) is 7.07. The summed E-state index contributed by atoms with van der Waals surface area (Å²) in [6.07, 6.45) is 0.632. The van der Waals surface area contributed by atoms with Gasteiger partial charge in [0.1, 0.15) is 4.88 Å². The Hall–Kier alpha value is -1.72. The van der Waals surface area contributed by atoms with Crippen molar-refractivity contribution in [3.63, 3.8) is 0 Å². The van der Waals surface area contributed by atoms with Crippen LogP contribution in [-0.2, 0) is 12.8 Å². The van der Waals surface area contributed by atoms with E-state index in [1.54, 1.807) is 5.51 Å². The molecular weight excluding hydrogens is 284 g/mol. The number of carbonyl (C=O) groups is 1. The maximum absolute atomic E-state index is 12.2. The zero-order valence-corrected chi connectivity index (χ0v) is 13.1. The van der Waals surface area contributed by atoms with Gasteiger partial charge in [-0.05, 0) is 18.9 Å². The van der Waals surface area contributed by atoms with Crippen molar-refractivity contribution in [3.05, 3.63) is 52.0 Å². The number of carbonyl (C=O) groups excluding carboxylic acids is 1. The molecule has 2 N–H and O–H groups in total. The minimum atomic E-state index is -0.616. The smallest absolute Gasteiger partial charge is 0.263 e. The van der Waals surface area contributed by atoms with Crippen LogP contribution >= 0.6 is 11.3 Å². The van der Waals surface area contributed by atoms with Crippen molar-refractivity contribution in [2.75, 3.05) is 0 Å². The van der Waals surface area contributed by atoms with Crippen molar-refractivity contribution in [1.29, 1.82) is 0 Å². The van der Waals surface area contributed by atoms with Crippen molar-refractivity contribution < 1.29 is 9.90 Å². The highest BCUT2D eigenvalue weighted by Gasteiger charge is 2.20. The fourth-order valence-corrected chi connectivity index (χ4v) is 2.89. The van der Waals surface area contributed by atoms with Crippen LogP contribution in [0.1, 0.15) is 34.8 Å². The Labute approximate surface area is 128 Å². The van der Waals surface area contributed by atoms with Crippen LogP contribution in [0.5, 0.6) is 0 Å². The molecule has 1 amide bonds. The highest BCUT2D eigenvalue weighted by Crippen LogP contribution is 2.14. The van der Waals surface area contributed by atoms with Crippen molar-refractivity contribution in [2.24, 2.45) is 0 Å². The summed E-state index contributed by atoms with van der Waals surface area (Å²) in [5, 5.41) is 13.1. The summed E-state index contributed by atoms with van der Waals surface area (Å²) in [4.78, 5) is 17.0. The lowest BCUT2D eigenvalue weighted by Gasteiger charge is -2.20. The number of aromatic nitrogens is 1. The predicted molar refractivity (Wildman–Crippen MR) is 84.6 cm³/mol. The van der Waals surface area contributed by atoms with Crippen LogP contribution in [0, 0.1) is 0 Å². The lowest BCUT2D eigenvalue weighted by Crippen LogP contribution is -2.42. The lowest BCUT2D eigenvalue weighted by molar-refractivity contribution is 0.0854. The van der Waals surface area contributed by atoms with Gasteiger partial charge in [0, 0.05) is 6.42 Å². The Morgan fingerprint density at radius 1 is 1.38 bits per heavy atom. The first kappa shape index (κ1) is 15.7. The van der Waals surface area contributed by atoms with Gasteiger partial charge >= 0.3 is 0 Å². The zero-order chi connectivity index (χ0) is 15.2. The van der Waals surface area contributed by atoms with Crippen molar-refractivity contribution in [3.8, 4) is 0 Å². The van der Waals surface area contributed by atoms with E-state index in [-0.39, 0.29) is 11.9 Å². The second-order valence-corrected chi connectivity index (χ2v) is 5.86. The number of hydrogen-bond acceptors (Lipinski definition) is 4. The van der Waals surface area contributed by atoms with Crippen LogP contribution in [0.2, 0.25) is 0 Å². The molecule has 2 atom stereocenters. The molecule has 21 heavy (non-hydrogen) atoms. The largest absolute Gasteiger partial charge is 0.391 e. The molecule has 2 unspecified atom stereocenters. The Morgan fingerprint density at radius 3 is 2.76 bits per heavy atom. The van der Waals surface area contributed by atoms with Gasteiger partial charge in [-0.2, -0.15) is 0 Å². The number of aliphatic hydroxyl groups excluding tert-OH is 1. The van der Waals surface area contributed by atoms with Gasteiger partial charge in [0.15, 0.2) is 0 Å². The number of nitrogens with zero attached hydrogens (tertiary/aromatic N) is 1. The molecule has 0 aliphatic heterocycles. The summed E-state index contributed by atoms with van der Waals surface area (Å²) in [5.41, 5.74) is 3.54. The van der Waals surface area contributed by atoms with E-state index in [1.807, 2.05) is 44.2 Å². The van der Waals surface area contributed by atoms with Gasteiger partial charge in [-0.15, -0.1) is 11.3 Å². The maximum Gasteiger partial charge on any atom is 0.263 e. The van der Waals surface area contributed by atoms with Crippen molar-refractivity contribution >= 4 is 17.2 Å². The second-order valence-electron chi connectivity index (χ2n) is 5.00. The van der Waals surface area contributed by atoms with E-state index in [1.165, 1.54) is 11.3 Å². The standard InChI is InChI=1S/C16H20N2O2S/c1-3-13-15(21-10-17-13)16(20)18-11(2)14(19)9-12-7-5-4-6-8-12/h4-8,10-11,14,19H,3,9H2,1-2H3,(H,18,20). The fraction of sp³-hybridized carbons (Fsp3) is 0.375. The molecule has 1 aromatic heterocycles. The molecule has 0 spiro atoms. The number of aryl methyl sites for hydroxylation is 1. The Morgan fingerprint density at radius 2 is 2.10 bits per heavy atom. The topological polar surface area (TPSA) is 62.2 Å². The van der Waals surface area contributed by atoms with Gasteiger partial charge < -0.3 is 10.4 Å². The molecule has 5 heteroatoms. The van der Waals surface area contributed by atoms with Crippen LogP contribution in [-0.4, -0.2) is 28.1 Å². The monoisotopic (exact) mass is 304 g/mol. The molecule has 0 saturated heterocycles. The molecule has 0 radical (unpaired) electrons. The quantitative estimate of drug-likeness (QED) is 0.861. The van der Waals surface area contributed by atoms with Gasteiger partial charge in [0.05, 0.1) is 23.4 Å². The number of benzene rings is 1. The lowest BCUT2D eigenvalue weighted by atomic mass is 10.0. The number of nitrogens with one attached hydrogen (secondary N) is 1. The van der Waals surface area contributed by atoms with Gasteiger partial charge in [0.25, 0.3) is 5.91 Å². The zero-order valence-electron chi connectivity index (χ0n) is 12.2. The molecule has 4 nitrogen and oxygen atoms in total. The Balaban J connectivity index is 1.94. The molecule has 0 bridgehead atoms. The number of rotatable bonds is 6. The minimum Gasteiger partial charge on any atom is -0.391 e. The summed E-state index contributed by atoms with van der Waals surface area (Å²) in [6, 6.07) is 9.44. The molecule has 1 heterocycles. The van der Waals surface area contributed by atoms with Gasteiger partial charge in [-0.25, -0.2) is 4.98 Å². The van der Waals surface area contributed by atoms with Gasteiger partial charge in [-0.3, -0.25) is 4.79 Å². The molecule has 0 saturated carbocycles. The van der Waals surface area contributed by atoms with Gasteiger partial charge in [-0.1, -0.05) is 37.3 Å². The van der Waals surface area contributed by atoms with E-state index in [0.717, 1.165) is 17.7 Å². The molecule has 0 aliphatic carbocycles. The van der Waals surface area contributed by atoms with Crippen LogP contribution in [0.4, 0.5) is 0 Å². The number of amides is 1. The van der Waals surface area contributed by atoms with Crippen LogP contribution in [0.15, 0.2) is 35.8 Å². The molecular formula is C16H20N2O2S. The molecule has 112 valence electrons. The summed E-state index contributed by atoms with van der Waals surface area (Å²) in [6.45, 7) is 3.79. The van der Waals surface area contributed by atoms with E-state index in [4.69, 9.17) is 0 Å². The van der Waals surface area contributed by atoms with Crippen LogP contribution in [0.3, 0.4) is 0 Å². The molecule has 0 fully saturated rings. The first-order chi connectivity index (χ1) is 10.1. The van der Waals surface area contributed by atoms with E-state index < -0.39 is 6.10 Å². The molecule has 0 aliphatic rings. The maximum atomic E-state index is 12.2. The van der Waals surface area contributed by atoms with E-state index in [9.17, 15) is 9.90 Å². The Bertz CT molecular complexity index is 583. The minimum absolute atomic E-state index is 0.158. The second kappa shape index (κ2) is 7.33. The SMILES string of the molecule is CCc1ncsc1C(=O)NC(C)C(O)Cc1ccccc1. The van der Waals surface area contributed by atoms with Gasteiger partial charge in [0.2, 0.25) is 0 Å². The average molecular weight is 304 g/mol. The number of hydrogen-bond donors (Lipinski definition) is 2. The van der Waals surface area contributed by atoms with Crippen molar-refractivity contribution in [1.82, 2.24) is 10.3 Å². The predicted octanol–water partition coefficient (Wildman–Crippen LogP) is 2.43. The summed E-state index contributed by atoms with van der Waals surface area (Å²) >= 11 is 1.34. The van der Waals surface area contributed by atoms with E-state index in [2.05, 4.69) is 10.3 Å². The fourth-order valence-electron chi connectivity index (χ4n) is 2.11.